The number of primary amides is 1. The fraction of sp³-hybridized carbons (Fsp3) is 0.154. The van der Waals surface area contributed by atoms with E-state index in [1.807, 2.05) is 0 Å². The first-order valence-corrected chi connectivity index (χ1v) is 10.2. The number of benzene rings is 2. The van der Waals surface area contributed by atoms with Crippen LogP contribution in [0.4, 0.5) is 5.69 Å². The van der Waals surface area contributed by atoms with Gasteiger partial charge in [0.05, 0.1) is 5.41 Å². The van der Waals surface area contributed by atoms with Gasteiger partial charge < -0.3 is 20.5 Å². The van der Waals surface area contributed by atoms with Crippen LogP contribution in [0.25, 0.3) is 0 Å². The number of carbonyl (C=O) groups is 2. The molecule has 3 rings (SSSR count). The second kappa shape index (κ2) is 10.3. The maximum atomic E-state index is 13.0. The standard InChI is InChI=1S/C26H26N2O4/c1-3-14-31-22-11-5-9-20(16-22)26(25(27)30)13-7-8-19(18-26)24(29)28-21-10-6-12-23(17-21)32-15-4-2/h3-13,16-17H,1-2,14-15,18H2,(H2,27,30)(H,28,29). The molecule has 3 N–H and O–H groups in total. The summed E-state index contributed by atoms with van der Waals surface area (Å²) in [5, 5.41) is 2.86. The number of hydrogen-bond donors (Lipinski definition) is 2. The van der Waals surface area contributed by atoms with Gasteiger partial charge in [0.25, 0.3) is 5.91 Å². The third-order valence-corrected chi connectivity index (χ3v) is 5.06. The van der Waals surface area contributed by atoms with Crippen LogP contribution in [0.1, 0.15) is 12.0 Å². The monoisotopic (exact) mass is 430 g/mol. The number of rotatable bonds is 10. The molecule has 0 aliphatic heterocycles. The Kier molecular flexibility index (Phi) is 7.29. The Hall–Kier alpha value is -4.06. The van der Waals surface area contributed by atoms with E-state index in [0.717, 1.165) is 0 Å². The number of nitrogens with two attached hydrogens (primary N) is 1. The van der Waals surface area contributed by atoms with Gasteiger partial charge in [-0.05, 0) is 36.2 Å². The number of ether oxygens (including phenoxy) is 2. The molecule has 0 heterocycles. The van der Waals surface area contributed by atoms with Gasteiger partial charge in [-0.25, -0.2) is 0 Å². The molecule has 0 saturated heterocycles. The molecule has 1 atom stereocenters. The lowest BCUT2D eigenvalue weighted by Crippen LogP contribution is -2.42. The van der Waals surface area contributed by atoms with E-state index in [-0.39, 0.29) is 12.3 Å². The first kappa shape index (κ1) is 22.6. The van der Waals surface area contributed by atoms with Gasteiger partial charge in [0, 0.05) is 17.3 Å². The van der Waals surface area contributed by atoms with E-state index in [1.54, 1.807) is 78.9 Å². The lowest BCUT2D eigenvalue weighted by atomic mass is 9.72. The van der Waals surface area contributed by atoms with Gasteiger partial charge in [0.15, 0.2) is 0 Å². The summed E-state index contributed by atoms with van der Waals surface area (Å²) in [6.07, 6.45) is 8.51. The molecule has 164 valence electrons. The quantitative estimate of drug-likeness (QED) is 0.556. The molecule has 2 aromatic carbocycles. The Morgan fingerprint density at radius 1 is 1.03 bits per heavy atom. The van der Waals surface area contributed by atoms with Crippen molar-refractivity contribution in [3.05, 3.63) is 103 Å². The predicted molar refractivity (Wildman–Crippen MR) is 126 cm³/mol. The zero-order valence-corrected chi connectivity index (χ0v) is 17.8. The molecule has 0 saturated carbocycles. The van der Waals surface area contributed by atoms with Crippen molar-refractivity contribution in [3.8, 4) is 11.5 Å². The van der Waals surface area contributed by atoms with E-state index < -0.39 is 11.3 Å². The smallest absolute Gasteiger partial charge is 0.251 e. The Morgan fingerprint density at radius 2 is 1.69 bits per heavy atom. The normalized spacial score (nSPS) is 17.1. The summed E-state index contributed by atoms with van der Waals surface area (Å²) >= 11 is 0. The summed E-state index contributed by atoms with van der Waals surface area (Å²) in [5.74, 6) is 0.337. The summed E-state index contributed by atoms with van der Waals surface area (Å²) in [7, 11) is 0. The molecule has 32 heavy (non-hydrogen) atoms. The molecule has 1 unspecified atom stereocenters. The van der Waals surface area contributed by atoms with Crippen LogP contribution in [0, 0.1) is 0 Å². The molecule has 0 fully saturated rings. The Bertz CT molecular complexity index is 1090. The zero-order valence-electron chi connectivity index (χ0n) is 17.8. The van der Waals surface area contributed by atoms with Crippen molar-refractivity contribution in [1.29, 1.82) is 0 Å². The molecule has 2 amide bonds. The van der Waals surface area contributed by atoms with E-state index in [0.29, 0.717) is 41.5 Å². The van der Waals surface area contributed by atoms with Crippen molar-refractivity contribution in [2.75, 3.05) is 18.5 Å². The zero-order chi connectivity index (χ0) is 23.0. The number of anilines is 1. The highest BCUT2D eigenvalue weighted by molar-refractivity contribution is 6.05. The SMILES string of the molecule is C=CCOc1cccc(NC(=O)C2=CC=CC(C(N)=O)(c3cccc(OCC=C)c3)C2)c1. The number of carbonyl (C=O) groups excluding carboxylic acids is 2. The average molecular weight is 431 g/mol. The minimum atomic E-state index is -1.16. The lowest BCUT2D eigenvalue weighted by Gasteiger charge is -2.31. The Morgan fingerprint density at radius 3 is 2.34 bits per heavy atom. The summed E-state index contributed by atoms with van der Waals surface area (Å²) in [6, 6.07) is 14.2. The van der Waals surface area contributed by atoms with Crippen molar-refractivity contribution in [3.63, 3.8) is 0 Å². The molecule has 0 spiro atoms. The van der Waals surface area contributed by atoms with Crippen LogP contribution in [0.15, 0.2) is 97.6 Å². The molecule has 1 aliphatic rings. The highest BCUT2D eigenvalue weighted by Crippen LogP contribution is 2.37. The van der Waals surface area contributed by atoms with Crippen LogP contribution < -0.4 is 20.5 Å². The van der Waals surface area contributed by atoms with Gasteiger partial charge >= 0.3 is 0 Å². The van der Waals surface area contributed by atoms with Crippen molar-refractivity contribution in [1.82, 2.24) is 0 Å². The highest BCUT2D eigenvalue weighted by atomic mass is 16.5. The average Bonchev–Trinajstić information content (AvgIpc) is 2.81. The summed E-state index contributed by atoms with van der Waals surface area (Å²) in [4.78, 5) is 25.6. The van der Waals surface area contributed by atoms with Gasteiger partial charge in [-0.15, -0.1) is 0 Å². The third kappa shape index (κ3) is 5.16. The number of allylic oxidation sites excluding steroid dienone is 2. The van der Waals surface area contributed by atoms with E-state index in [1.165, 1.54) is 0 Å². The topological polar surface area (TPSA) is 90.6 Å². The van der Waals surface area contributed by atoms with E-state index in [9.17, 15) is 9.59 Å². The summed E-state index contributed by atoms with van der Waals surface area (Å²) in [5.41, 5.74) is 6.34. The van der Waals surface area contributed by atoms with Crippen LogP contribution in [-0.2, 0) is 15.0 Å². The molecule has 0 radical (unpaired) electrons. The lowest BCUT2D eigenvalue weighted by molar-refractivity contribution is -0.122. The van der Waals surface area contributed by atoms with E-state index in [4.69, 9.17) is 15.2 Å². The largest absolute Gasteiger partial charge is 0.490 e. The Labute approximate surface area is 187 Å². The van der Waals surface area contributed by atoms with Crippen molar-refractivity contribution >= 4 is 17.5 Å². The van der Waals surface area contributed by atoms with Crippen LogP contribution >= 0.6 is 0 Å². The van der Waals surface area contributed by atoms with Crippen LogP contribution in [0.3, 0.4) is 0 Å². The van der Waals surface area contributed by atoms with Crippen LogP contribution in [0.2, 0.25) is 0 Å². The fourth-order valence-electron chi connectivity index (χ4n) is 3.46. The van der Waals surface area contributed by atoms with Gasteiger partial charge in [-0.3, -0.25) is 9.59 Å². The molecular formula is C26H26N2O4. The van der Waals surface area contributed by atoms with Crippen molar-refractivity contribution in [2.24, 2.45) is 5.73 Å². The summed E-state index contributed by atoms with van der Waals surface area (Å²) < 4.78 is 11.1. The van der Waals surface area contributed by atoms with E-state index >= 15 is 0 Å². The number of nitrogens with one attached hydrogen (secondary N) is 1. The molecular weight excluding hydrogens is 404 g/mol. The van der Waals surface area contributed by atoms with Gasteiger partial charge in [-0.1, -0.05) is 61.7 Å². The second-order valence-electron chi connectivity index (χ2n) is 7.27. The maximum absolute atomic E-state index is 13.0. The molecule has 6 nitrogen and oxygen atoms in total. The molecule has 0 bridgehead atoms. The molecule has 2 aromatic rings. The third-order valence-electron chi connectivity index (χ3n) is 5.06. The first-order valence-electron chi connectivity index (χ1n) is 10.2. The van der Waals surface area contributed by atoms with E-state index in [2.05, 4.69) is 18.5 Å². The summed E-state index contributed by atoms with van der Waals surface area (Å²) in [6.45, 7) is 7.97. The predicted octanol–water partition coefficient (Wildman–Crippen LogP) is 4.06. The number of hydrogen-bond acceptors (Lipinski definition) is 4. The van der Waals surface area contributed by atoms with Gasteiger partial charge in [-0.2, -0.15) is 0 Å². The van der Waals surface area contributed by atoms with Gasteiger partial charge in [0.1, 0.15) is 24.7 Å². The number of amides is 2. The minimum Gasteiger partial charge on any atom is -0.490 e. The molecule has 1 aliphatic carbocycles. The van der Waals surface area contributed by atoms with Gasteiger partial charge in [0.2, 0.25) is 5.91 Å². The fourth-order valence-corrected chi connectivity index (χ4v) is 3.46. The molecule has 6 heteroatoms. The maximum Gasteiger partial charge on any atom is 0.251 e. The van der Waals surface area contributed by atoms with Crippen LogP contribution in [0.5, 0.6) is 11.5 Å². The highest BCUT2D eigenvalue weighted by Gasteiger charge is 2.39. The van der Waals surface area contributed by atoms with Crippen molar-refractivity contribution < 1.29 is 19.1 Å². The molecule has 0 aromatic heterocycles. The first-order chi connectivity index (χ1) is 15.5. The minimum absolute atomic E-state index is 0.127. The second-order valence-corrected chi connectivity index (χ2v) is 7.27. The van der Waals surface area contributed by atoms with Crippen LogP contribution in [-0.4, -0.2) is 25.0 Å². The van der Waals surface area contributed by atoms with Crippen molar-refractivity contribution in [2.45, 2.75) is 11.8 Å². The Balaban J connectivity index is 1.82.